The first-order chi connectivity index (χ1) is 19.0. The maximum atomic E-state index is 13.8. The second-order valence-electron chi connectivity index (χ2n) is 10.6. The van der Waals surface area contributed by atoms with Gasteiger partial charge >= 0.3 is 0 Å². The molecule has 3 rings (SSSR count). The van der Waals surface area contributed by atoms with E-state index in [-0.39, 0.29) is 23.7 Å². The Balaban J connectivity index is 2.05. The molecule has 7 atom stereocenters. The van der Waals surface area contributed by atoms with E-state index in [0.29, 0.717) is 6.42 Å². The van der Waals surface area contributed by atoms with E-state index in [0.717, 1.165) is 5.56 Å². The van der Waals surface area contributed by atoms with Gasteiger partial charge in [0.15, 0.2) is 0 Å². The van der Waals surface area contributed by atoms with Crippen LogP contribution in [0.4, 0.5) is 0 Å². The van der Waals surface area contributed by atoms with Gasteiger partial charge in [0.1, 0.15) is 17.8 Å². The normalized spacial score (nSPS) is 27.1. The molecular formula is C30H40N4O6. The molecule has 0 bridgehead atoms. The number of carbonyl (C=O) groups excluding carboxylic acids is 4. The van der Waals surface area contributed by atoms with Crippen LogP contribution in [0.3, 0.4) is 0 Å². The zero-order chi connectivity index (χ0) is 29.6. The van der Waals surface area contributed by atoms with Crippen LogP contribution in [0, 0.1) is 11.8 Å². The van der Waals surface area contributed by atoms with Crippen molar-refractivity contribution >= 4 is 23.6 Å². The Morgan fingerprint density at radius 3 is 2.25 bits per heavy atom. The highest BCUT2D eigenvalue weighted by Gasteiger charge is 2.41. The summed E-state index contributed by atoms with van der Waals surface area (Å²) >= 11 is 0. The van der Waals surface area contributed by atoms with Gasteiger partial charge in [-0.2, -0.15) is 0 Å². The van der Waals surface area contributed by atoms with Crippen LogP contribution in [0.5, 0.6) is 5.75 Å². The third kappa shape index (κ3) is 6.98. The van der Waals surface area contributed by atoms with Crippen LogP contribution in [0.15, 0.2) is 54.6 Å². The van der Waals surface area contributed by atoms with Gasteiger partial charge in [0.25, 0.3) is 5.91 Å². The topological polar surface area (TPSA) is 148 Å². The van der Waals surface area contributed by atoms with Crippen LogP contribution >= 0.6 is 0 Å². The minimum atomic E-state index is -1.29. The van der Waals surface area contributed by atoms with Gasteiger partial charge in [0.2, 0.25) is 17.7 Å². The van der Waals surface area contributed by atoms with E-state index < -0.39 is 59.8 Å². The van der Waals surface area contributed by atoms with E-state index in [1.807, 2.05) is 44.2 Å². The van der Waals surface area contributed by atoms with Crippen molar-refractivity contribution in [2.75, 3.05) is 7.05 Å². The molecule has 4 amide bonds. The summed E-state index contributed by atoms with van der Waals surface area (Å²) in [6, 6.07) is 11.3. The molecule has 10 nitrogen and oxygen atoms in total. The smallest absolute Gasteiger partial charge is 0.255 e. The van der Waals surface area contributed by atoms with E-state index in [4.69, 9.17) is 0 Å². The predicted octanol–water partition coefficient (Wildman–Crippen LogP) is 1.61. The van der Waals surface area contributed by atoms with Gasteiger partial charge in [-0.05, 0) is 37.0 Å². The minimum absolute atomic E-state index is 0.0261. The number of nitrogens with zero attached hydrogens (tertiary/aromatic N) is 1. The Kier molecular flexibility index (Phi) is 10.3. The van der Waals surface area contributed by atoms with Crippen LogP contribution in [0.1, 0.15) is 50.0 Å². The highest BCUT2D eigenvalue weighted by atomic mass is 16.3. The second kappa shape index (κ2) is 13.4. The highest BCUT2D eigenvalue weighted by Crippen LogP contribution is 2.20. The van der Waals surface area contributed by atoms with Gasteiger partial charge in [-0.15, -0.1) is 0 Å². The van der Waals surface area contributed by atoms with Gasteiger partial charge in [-0.3, -0.25) is 19.2 Å². The van der Waals surface area contributed by atoms with Crippen molar-refractivity contribution in [3.8, 4) is 5.75 Å². The van der Waals surface area contributed by atoms with E-state index in [1.54, 1.807) is 26.0 Å². The van der Waals surface area contributed by atoms with Crippen molar-refractivity contribution in [3.05, 3.63) is 65.7 Å². The quantitative estimate of drug-likeness (QED) is 0.368. The first-order valence-corrected chi connectivity index (χ1v) is 13.6. The SMILES string of the molecule is CCC(C)C1NC(=O)[C@H](C)[C@H](O)[C@H](Cc2ccccc2)NC(=O)[C@@H](NC(=O)c2ccccc2O)[C@@H](C)N(C)C1=O. The number of phenolic OH excluding ortho intramolecular Hbond substituents is 1. The van der Waals surface area contributed by atoms with E-state index in [9.17, 15) is 29.4 Å². The number of benzene rings is 2. The lowest BCUT2D eigenvalue weighted by Crippen LogP contribution is -2.64. The first kappa shape index (κ1) is 30.6. The number of nitrogens with one attached hydrogen (secondary N) is 3. The van der Waals surface area contributed by atoms with Crippen molar-refractivity contribution in [3.63, 3.8) is 0 Å². The summed E-state index contributed by atoms with van der Waals surface area (Å²) in [4.78, 5) is 55.2. The Bertz CT molecular complexity index is 1210. The predicted molar refractivity (Wildman–Crippen MR) is 150 cm³/mol. The summed E-state index contributed by atoms with van der Waals surface area (Å²) in [5, 5.41) is 29.9. The molecular weight excluding hydrogens is 512 g/mol. The third-order valence-electron chi connectivity index (χ3n) is 7.90. The maximum Gasteiger partial charge on any atom is 0.255 e. The lowest BCUT2D eigenvalue weighted by atomic mass is 9.90. The van der Waals surface area contributed by atoms with Gasteiger partial charge in [0, 0.05) is 7.05 Å². The number of amides is 4. The number of para-hydroxylation sites is 1. The average Bonchev–Trinajstić information content (AvgIpc) is 2.95. The van der Waals surface area contributed by atoms with Crippen LogP contribution in [-0.4, -0.2) is 76.1 Å². The van der Waals surface area contributed by atoms with E-state index in [1.165, 1.54) is 24.1 Å². The van der Waals surface area contributed by atoms with Gasteiger partial charge in [0.05, 0.1) is 29.7 Å². The van der Waals surface area contributed by atoms with Gasteiger partial charge in [-0.1, -0.05) is 69.7 Å². The summed E-state index contributed by atoms with van der Waals surface area (Å²) in [6.07, 6.45) is -0.469. The molecule has 216 valence electrons. The maximum absolute atomic E-state index is 13.8. The molecule has 1 saturated heterocycles. The lowest BCUT2D eigenvalue weighted by Gasteiger charge is -2.38. The molecule has 0 radical (unpaired) electrons. The number of rotatable bonds is 6. The molecule has 2 aromatic rings. The number of likely N-dealkylation sites (N-methyl/N-ethyl adjacent to an activating group) is 1. The monoisotopic (exact) mass is 552 g/mol. The van der Waals surface area contributed by atoms with Crippen LogP contribution in [-0.2, 0) is 20.8 Å². The Morgan fingerprint density at radius 1 is 1.00 bits per heavy atom. The molecule has 0 spiro atoms. The number of aromatic hydroxyl groups is 1. The fourth-order valence-electron chi connectivity index (χ4n) is 4.80. The van der Waals surface area contributed by atoms with Crippen LogP contribution < -0.4 is 16.0 Å². The molecule has 1 heterocycles. The Hall–Kier alpha value is -3.92. The largest absolute Gasteiger partial charge is 0.507 e. The first-order valence-electron chi connectivity index (χ1n) is 13.6. The summed E-state index contributed by atoms with van der Waals surface area (Å²) in [6.45, 7) is 6.93. The zero-order valence-electron chi connectivity index (χ0n) is 23.6. The van der Waals surface area contributed by atoms with E-state index in [2.05, 4.69) is 16.0 Å². The zero-order valence-corrected chi connectivity index (χ0v) is 23.6. The van der Waals surface area contributed by atoms with Crippen molar-refractivity contribution < 1.29 is 29.4 Å². The number of hydrogen-bond acceptors (Lipinski definition) is 6. The molecule has 1 aliphatic heterocycles. The number of aliphatic hydroxyl groups is 1. The number of hydrogen-bond donors (Lipinski definition) is 5. The molecule has 0 aromatic heterocycles. The lowest BCUT2D eigenvalue weighted by molar-refractivity contribution is -0.143. The molecule has 10 heteroatoms. The van der Waals surface area contributed by atoms with Gasteiger partial charge in [-0.25, -0.2) is 0 Å². The molecule has 1 aliphatic rings. The minimum Gasteiger partial charge on any atom is -0.507 e. The van der Waals surface area contributed by atoms with Crippen molar-refractivity contribution in [1.29, 1.82) is 0 Å². The molecule has 2 unspecified atom stereocenters. The summed E-state index contributed by atoms with van der Waals surface area (Å²) in [7, 11) is 1.52. The molecule has 0 saturated carbocycles. The number of phenols is 1. The van der Waals surface area contributed by atoms with Crippen molar-refractivity contribution in [2.45, 2.75) is 70.8 Å². The third-order valence-corrected chi connectivity index (χ3v) is 7.90. The summed E-state index contributed by atoms with van der Waals surface area (Å²) in [5.41, 5.74) is 0.806. The molecule has 5 N–H and O–H groups in total. The fourth-order valence-corrected chi connectivity index (χ4v) is 4.80. The van der Waals surface area contributed by atoms with Crippen LogP contribution in [0.2, 0.25) is 0 Å². The fraction of sp³-hybridized carbons (Fsp3) is 0.467. The van der Waals surface area contributed by atoms with Crippen molar-refractivity contribution in [1.82, 2.24) is 20.9 Å². The number of aliphatic hydroxyl groups excluding tert-OH is 1. The second-order valence-corrected chi connectivity index (χ2v) is 10.6. The average molecular weight is 553 g/mol. The van der Waals surface area contributed by atoms with Gasteiger partial charge < -0.3 is 31.1 Å². The Labute approximate surface area is 235 Å². The standard InChI is InChI=1S/C30H40N4O6/c1-6-17(2)24-30(40)34(5)19(4)25(33-28(38)21-14-10-11-15-23(21)35)29(39)31-22(16-20-12-8-7-9-13-20)26(36)18(3)27(37)32-24/h7-15,17-19,22,24-26,35-36H,6,16H2,1-5H3,(H,31,39)(H,32,37)(H,33,38)/t17?,18-,19-,22+,24?,25+,26+/m1/s1. The number of carbonyl (C=O) groups is 4. The molecule has 1 fully saturated rings. The molecule has 0 aliphatic carbocycles. The summed E-state index contributed by atoms with van der Waals surface area (Å²) in [5.74, 6) is -3.69. The highest BCUT2D eigenvalue weighted by molar-refractivity contribution is 6.00. The van der Waals surface area contributed by atoms with Crippen LogP contribution in [0.25, 0.3) is 0 Å². The Morgan fingerprint density at radius 2 is 1.62 bits per heavy atom. The van der Waals surface area contributed by atoms with Crippen molar-refractivity contribution in [2.24, 2.45) is 11.8 Å². The molecule has 40 heavy (non-hydrogen) atoms. The van der Waals surface area contributed by atoms with E-state index >= 15 is 0 Å². The molecule has 2 aromatic carbocycles. The summed E-state index contributed by atoms with van der Waals surface area (Å²) < 4.78 is 0.